The van der Waals surface area contributed by atoms with Crippen LogP contribution in [-0.4, -0.2) is 48.9 Å². The van der Waals surface area contributed by atoms with Crippen molar-refractivity contribution >= 4 is 27.5 Å². The second-order valence-corrected chi connectivity index (χ2v) is 10.3. The number of para-hydroxylation sites is 1. The molecule has 7 nitrogen and oxygen atoms in total. The van der Waals surface area contributed by atoms with E-state index >= 15 is 0 Å². The van der Waals surface area contributed by atoms with Crippen molar-refractivity contribution in [2.24, 2.45) is 5.92 Å². The van der Waals surface area contributed by atoms with E-state index in [1.807, 2.05) is 27.7 Å². The van der Waals surface area contributed by atoms with Gasteiger partial charge in [0.05, 0.1) is 22.9 Å². The largest absolute Gasteiger partial charge is 0.347 e. The first-order chi connectivity index (χ1) is 13.0. The molecule has 1 heterocycles. The third-order valence-electron chi connectivity index (χ3n) is 4.53. The topological polar surface area (TPSA) is 95.6 Å². The lowest BCUT2D eigenvalue weighted by Crippen LogP contribution is -2.44. The molecule has 0 spiro atoms. The minimum Gasteiger partial charge on any atom is -0.347 e. The average molecular weight is 410 g/mol. The van der Waals surface area contributed by atoms with Crippen molar-refractivity contribution in [2.45, 2.75) is 52.5 Å². The highest BCUT2D eigenvalue weighted by Crippen LogP contribution is 2.23. The molecule has 1 aliphatic rings. The number of nitrogens with zero attached hydrogens (tertiary/aromatic N) is 1. The van der Waals surface area contributed by atoms with Gasteiger partial charge in [0, 0.05) is 18.6 Å². The van der Waals surface area contributed by atoms with E-state index in [0.717, 1.165) is 0 Å². The highest BCUT2D eigenvalue weighted by Gasteiger charge is 2.32. The first kappa shape index (κ1) is 22.4. The van der Waals surface area contributed by atoms with Crippen LogP contribution in [-0.2, 0) is 14.8 Å². The number of hydrogen-bond acceptors (Lipinski definition) is 4. The van der Waals surface area contributed by atoms with Crippen LogP contribution in [0.2, 0.25) is 0 Å². The van der Waals surface area contributed by atoms with Crippen molar-refractivity contribution in [1.82, 2.24) is 9.62 Å². The van der Waals surface area contributed by atoms with Gasteiger partial charge in [0.2, 0.25) is 15.9 Å². The Bertz CT molecular complexity index is 815. The molecule has 8 heteroatoms. The standard InChI is InChI=1S/C20H31N3O4S/c1-5-13-28(26,27)23-12-8-9-15(14-23)18(24)21-17-11-7-6-10-16(17)19(25)22-20(2,3)4/h6-7,10-11,15H,5,8-9,12-14H2,1-4H3,(H,21,24)(H,22,25). The van der Waals surface area contributed by atoms with Gasteiger partial charge in [-0.1, -0.05) is 19.1 Å². The molecule has 1 aromatic rings. The molecule has 0 radical (unpaired) electrons. The van der Waals surface area contributed by atoms with Gasteiger partial charge in [-0.3, -0.25) is 9.59 Å². The first-order valence-electron chi connectivity index (χ1n) is 9.73. The summed E-state index contributed by atoms with van der Waals surface area (Å²) in [5.74, 6) is -0.859. The molecular weight excluding hydrogens is 378 g/mol. The van der Waals surface area contributed by atoms with Gasteiger partial charge in [-0.05, 0) is 52.2 Å². The first-order valence-corrected chi connectivity index (χ1v) is 11.3. The van der Waals surface area contributed by atoms with Crippen molar-refractivity contribution in [3.05, 3.63) is 29.8 Å². The van der Waals surface area contributed by atoms with E-state index in [2.05, 4.69) is 10.6 Å². The number of rotatable bonds is 6. The molecule has 0 bridgehead atoms. The highest BCUT2D eigenvalue weighted by atomic mass is 32.2. The predicted molar refractivity (Wildman–Crippen MR) is 111 cm³/mol. The maximum absolute atomic E-state index is 12.8. The normalized spacial score (nSPS) is 18.5. The smallest absolute Gasteiger partial charge is 0.253 e. The third-order valence-corrected chi connectivity index (χ3v) is 6.57. The van der Waals surface area contributed by atoms with E-state index < -0.39 is 21.5 Å². The summed E-state index contributed by atoms with van der Waals surface area (Å²) in [4.78, 5) is 25.3. The minimum absolute atomic E-state index is 0.0944. The predicted octanol–water partition coefficient (Wildman–Crippen LogP) is 2.61. The van der Waals surface area contributed by atoms with Crippen molar-refractivity contribution in [3.8, 4) is 0 Å². The molecule has 0 aromatic heterocycles. The summed E-state index contributed by atoms with van der Waals surface area (Å²) >= 11 is 0. The molecule has 0 saturated carbocycles. The molecule has 1 unspecified atom stereocenters. The van der Waals surface area contributed by atoms with Crippen LogP contribution in [0.3, 0.4) is 0 Å². The summed E-state index contributed by atoms with van der Waals surface area (Å²) in [5.41, 5.74) is 0.422. The van der Waals surface area contributed by atoms with Crippen LogP contribution >= 0.6 is 0 Å². The Morgan fingerprint density at radius 3 is 2.54 bits per heavy atom. The molecule has 1 saturated heterocycles. The van der Waals surface area contributed by atoms with Crippen molar-refractivity contribution in [3.63, 3.8) is 0 Å². The van der Waals surface area contributed by atoms with Crippen molar-refractivity contribution < 1.29 is 18.0 Å². The minimum atomic E-state index is -3.33. The quantitative estimate of drug-likeness (QED) is 0.755. The second-order valence-electron chi connectivity index (χ2n) is 8.25. The molecule has 2 rings (SSSR count). The van der Waals surface area contributed by atoms with Gasteiger partial charge >= 0.3 is 0 Å². The molecule has 0 aliphatic carbocycles. The highest BCUT2D eigenvalue weighted by molar-refractivity contribution is 7.89. The van der Waals surface area contributed by atoms with Crippen molar-refractivity contribution in [2.75, 3.05) is 24.2 Å². The Balaban J connectivity index is 2.12. The number of piperidine rings is 1. The molecule has 2 N–H and O–H groups in total. The van der Waals surface area contributed by atoms with Crippen LogP contribution in [0.4, 0.5) is 5.69 Å². The number of nitrogens with one attached hydrogen (secondary N) is 2. The Labute approximate surface area is 167 Å². The number of benzene rings is 1. The fraction of sp³-hybridized carbons (Fsp3) is 0.600. The van der Waals surface area contributed by atoms with Crippen LogP contribution in [0, 0.1) is 5.92 Å². The maximum Gasteiger partial charge on any atom is 0.253 e. The number of anilines is 1. The summed E-state index contributed by atoms with van der Waals surface area (Å²) in [6.45, 7) is 8.13. The molecule has 28 heavy (non-hydrogen) atoms. The average Bonchev–Trinajstić information content (AvgIpc) is 2.60. The van der Waals surface area contributed by atoms with Gasteiger partial charge in [0.25, 0.3) is 5.91 Å². The maximum atomic E-state index is 12.8. The molecular formula is C20H31N3O4S. The van der Waals surface area contributed by atoms with Gasteiger partial charge in [-0.2, -0.15) is 0 Å². The fourth-order valence-corrected chi connectivity index (χ4v) is 4.82. The Morgan fingerprint density at radius 2 is 1.89 bits per heavy atom. The number of sulfonamides is 1. The lowest BCUT2D eigenvalue weighted by Gasteiger charge is -2.31. The molecule has 1 atom stereocenters. The number of hydrogen-bond donors (Lipinski definition) is 2. The molecule has 1 aromatic carbocycles. The summed E-state index contributed by atoms with van der Waals surface area (Å²) < 4.78 is 26.1. The van der Waals surface area contributed by atoms with Crippen LogP contribution in [0.5, 0.6) is 0 Å². The SMILES string of the molecule is CCCS(=O)(=O)N1CCCC(C(=O)Nc2ccccc2C(=O)NC(C)(C)C)C1. The Morgan fingerprint density at radius 1 is 1.21 bits per heavy atom. The summed E-state index contributed by atoms with van der Waals surface area (Å²) in [6, 6.07) is 6.84. The third kappa shape index (κ3) is 6.04. The van der Waals surface area contributed by atoms with Gasteiger partial charge in [-0.15, -0.1) is 0 Å². The molecule has 2 amide bonds. The van der Waals surface area contributed by atoms with E-state index in [4.69, 9.17) is 0 Å². The monoisotopic (exact) mass is 409 g/mol. The molecule has 1 aliphatic heterocycles. The van der Waals surface area contributed by atoms with Gasteiger partial charge in [0.15, 0.2) is 0 Å². The zero-order valence-corrected chi connectivity index (χ0v) is 17.9. The van der Waals surface area contributed by atoms with E-state index in [1.165, 1.54) is 4.31 Å². The number of carbonyl (C=O) groups is 2. The Kier molecular flexibility index (Phi) is 7.22. The van der Waals surface area contributed by atoms with Crippen LogP contribution < -0.4 is 10.6 Å². The van der Waals surface area contributed by atoms with E-state index in [0.29, 0.717) is 37.1 Å². The lowest BCUT2D eigenvalue weighted by molar-refractivity contribution is -0.120. The van der Waals surface area contributed by atoms with E-state index in [9.17, 15) is 18.0 Å². The summed E-state index contributed by atoms with van der Waals surface area (Å²) in [6.07, 6.45) is 1.82. The number of carbonyl (C=O) groups excluding carboxylic acids is 2. The fourth-order valence-electron chi connectivity index (χ4n) is 3.23. The van der Waals surface area contributed by atoms with Gasteiger partial charge in [0.1, 0.15) is 0 Å². The van der Waals surface area contributed by atoms with Gasteiger partial charge in [-0.25, -0.2) is 12.7 Å². The molecule has 1 fully saturated rings. The zero-order chi connectivity index (χ0) is 20.9. The van der Waals surface area contributed by atoms with Crippen LogP contribution in [0.1, 0.15) is 57.3 Å². The van der Waals surface area contributed by atoms with Crippen LogP contribution in [0.15, 0.2) is 24.3 Å². The zero-order valence-electron chi connectivity index (χ0n) is 17.1. The summed E-state index contributed by atoms with van der Waals surface area (Å²) in [5, 5.41) is 5.72. The van der Waals surface area contributed by atoms with Crippen molar-refractivity contribution in [1.29, 1.82) is 0 Å². The van der Waals surface area contributed by atoms with Crippen LogP contribution in [0.25, 0.3) is 0 Å². The van der Waals surface area contributed by atoms with E-state index in [1.54, 1.807) is 24.3 Å². The Hall–Kier alpha value is -1.93. The number of amides is 2. The van der Waals surface area contributed by atoms with Gasteiger partial charge < -0.3 is 10.6 Å². The molecule has 156 valence electrons. The lowest BCUT2D eigenvalue weighted by atomic mass is 9.98. The summed E-state index contributed by atoms with van der Waals surface area (Å²) in [7, 11) is -3.33. The second kappa shape index (κ2) is 9.05. The van der Waals surface area contributed by atoms with E-state index in [-0.39, 0.29) is 24.1 Å².